The molecule has 0 saturated carbocycles. The van der Waals surface area contributed by atoms with Crippen LogP contribution in [-0.2, 0) is 19.1 Å². The minimum Gasteiger partial charge on any atom is -0.481 e. The zero-order chi connectivity index (χ0) is 31.3. The molecule has 1 aromatic heterocycles. The quantitative estimate of drug-likeness (QED) is 0.398. The standard InChI is InChI=1S/C28H29ClF3N5O5S/c1-4-42-25(39)18-16(34-22(23-33-8-9-43-23)35-21(18)14-6-5-7-15(30)20(14)29)10-36-13-28(31,32)19-17(36)11-37(24(19)38)12-27(2,3)26(40)41/h5-9,17,19,21H,4,10-13H2,1-3H3,(H,34,35)(H,40,41)/t17-,19-,21-/m0/s1. The van der Waals surface area contributed by atoms with Crippen molar-refractivity contribution in [2.75, 3.05) is 32.8 Å². The number of benzene rings is 1. The number of ether oxygens (including phenoxy) is 1. The molecule has 230 valence electrons. The van der Waals surface area contributed by atoms with Crippen molar-refractivity contribution < 1.29 is 37.4 Å². The highest BCUT2D eigenvalue weighted by Crippen LogP contribution is 2.45. The molecule has 0 spiro atoms. The normalized spacial score (nSPS) is 23.7. The summed E-state index contributed by atoms with van der Waals surface area (Å²) in [7, 11) is 0. The molecule has 43 heavy (non-hydrogen) atoms. The van der Waals surface area contributed by atoms with E-state index in [2.05, 4.69) is 15.3 Å². The number of hydrogen-bond donors (Lipinski definition) is 2. The second kappa shape index (κ2) is 11.5. The molecule has 2 fully saturated rings. The third-order valence-electron chi connectivity index (χ3n) is 7.77. The Labute approximate surface area is 254 Å². The summed E-state index contributed by atoms with van der Waals surface area (Å²) in [6, 6.07) is 1.97. The highest BCUT2D eigenvalue weighted by molar-refractivity contribution is 7.11. The van der Waals surface area contributed by atoms with Gasteiger partial charge >= 0.3 is 11.9 Å². The molecule has 1 amide bonds. The van der Waals surface area contributed by atoms with Crippen LogP contribution in [0, 0.1) is 17.2 Å². The lowest BCUT2D eigenvalue weighted by molar-refractivity contribution is -0.150. The zero-order valence-electron chi connectivity index (χ0n) is 23.4. The van der Waals surface area contributed by atoms with Crippen molar-refractivity contribution in [1.82, 2.24) is 20.1 Å². The van der Waals surface area contributed by atoms with Gasteiger partial charge in [0.25, 0.3) is 5.92 Å². The van der Waals surface area contributed by atoms with Gasteiger partial charge in [0.2, 0.25) is 5.91 Å². The maximum absolute atomic E-state index is 15.4. The first-order valence-corrected chi connectivity index (χ1v) is 14.7. The van der Waals surface area contributed by atoms with E-state index >= 15 is 8.78 Å². The smallest absolute Gasteiger partial charge is 0.338 e. The number of fused-ring (bicyclic) bond motifs is 1. The molecule has 0 aliphatic carbocycles. The van der Waals surface area contributed by atoms with E-state index < -0.39 is 59.5 Å². The zero-order valence-corrected chi connectivity index (χ0v) is 25.0. The van der Waals surface area contributed by atoms with E-state index in [0.717, 1.165) is 11.0 Å². The SMILES string of the molecule is CCOC(=O)C1=C(CN2CC(F)(F)[C@@H]3C(=O)N(CC(C)(C)C(=O)O)C[C@@H]32)NC(c2nccs2)=N[C@H]1c1cccc(F)c1Cl. The van der Waals surface area contributed by atoms with Crippen molar-refractivity contribution >= 4 is 46.6 Å². The number of hydrogen-bond acceptors (Lipinski definition) is 9. The number of likely N-dealkylation sites (tertiary alicyclic amines) is 2. The lowest BCUT2D eigenvalue weighted by atomic mass is 9.93. The molecule has 10 nitrogen and oxygen atoms in total. The Hall–Kier alpha value is -3.49. The number of carbonyl (C=O) groups is 3. The van der Waals surface area contributed by atoms with Crippen molar-refractivity contribution in [3.05, 3.63) is 62.5 Å². The van der Waals surface area contributed by atoms with E-state index in [0.29, 0.717) is 5.01 Å². The summed E-state index contributed by atoms with van der Waals surface area (Å²) in [4.78, 5) is 49.7. The molecule has 2 N–H and O–H groups in total. The number of aromatic nitrogens is 1. The van der Waals surface area contributed by atoms with Crippen LogP contribution >= 0.6 is 22.9 Å². The Morgan fingerprint density at radius 1 is 1.33 bits per heavy atom. The van der Waals surface area contributed by atoms with Gasteiger partial charge in [0.15, 0.2) is 10.8 Å². The number of esters is 1. The minimum atomic E-state index is -3.42. The van der Waals surface area contributed by atoms with Crippen LogP contribution < -0.4 is 5.32 Å². The lowest BCUT2D eigenvalue weighted by Crippen LogP contribution is -2.45. The topological polar surface area (TPSA) is 124 Å². The molecular weight excluding hydrogens is 611 g/mol. The van der Waals surface area contributed by atoms with Crippen LogP contribution in [0.2, 0.25) is 5.02 Å². The first-order valence-electron chi connectivity index (χ1n) is 13.5. The van der Waals surface area contributed by atoms with Gasteiger partial charge in [-0.15, -0.1) is 11.3 Å². The fraction of sp³-hybridized carbons (Fsp3) is 0.464. The van der Waals surface area contributed by atoms with Gasteiger partial charge < -0.3 is 20.1 Å². The predicted octanol–water partition coefficient (Wildman–Crippen LogP) is 3.73. The number of carbonyl (C=O) groups excluding carboxylic acids is 2. The Kier molecular flexibility index (Phi) is 8.31. The summed E-state index contributed by atoms with van der Waals surface area (Å²) in [5.41, 5.74) is -1.07. The summed E-state index contributed by atoms with van der Waals surface area (Å²) in [6.07, 6.45) is 1.54. The molecule has 0 bridgehead atoms. The summed E-state index contributed by atoms with van der Waals surface area (Å²) in [6.45, 7) is 3.06. The van der Waals surface area contributed by atoms with Crippen molar-refractivity contribution in [3.63, 3.8) is 0 Å². The number of alkyl halides is 2. The molecule has 15 heteroatoms. The second-order valence-corrected chi connectivity index (χ2v) is 12.5. The minimum absolute atomic E-state index is 0.00240. The number of carboxylic acids is 1. The predicted molar refractivity (Wildman–Crippen MR) is 151 cm³/mol. The number of amides is 1. The fourth-order valence-corrected chi connectivity index (χ4v) is 6.51. The summed E-state index contributed by atoms with van der Waals surface area (Å²) >= 11 is 7.57. The van der Waals surface area contributed by atoms with Gasteiger partial charge in [-0.05, 0) is 26.8 Å². The number of rotatable bonds is 9. The van der Waals surface area contributed by atoms with E-state index in [4.69, 9.17) is 16.3 Å². The molecule has 3 aliphatic heterocycles. The molecular formula is C28H29ClF3N5O5S. The maximum Gasteiger partial charge on any atom is 0.338 e. The van der Waals surface area contributed by atoms with Crippen LogP contribution in [0.25, 0.3) is 0 Å². The molecule has 3 atom stereocenters. The number of aliphatic imine (C=N–C) groups is 1. The highest BCUT2D eigenvalue weighted by atomic mass is 35.5. The van der Waals surface area contributed by atoms with E-state index in [1.54, 1.807) is 18.5 Å². The number of nitrogens with one attached hydrogen (secondary N) is 1. The van der Waals surface area contributed by atoms with E-state index in [-0.39, 0.29) is 53.9 Å². The van der Waals surface area contributed by atoms with E-state index in [1.165, 1.54) is 42.2 Å². The molecule has 3 aliphatic rings. The Morgan fingerprint density at radius 2 is 2.07 bits per heavy atom. The Balaban J connectivity index is 1.56. The van der Waals surface area contributed by atoms with Gasteiger partial charge in [-0.2, -0.15) is 0 Å². The van der Waals surface area contributed by atoms with Gasteiger partial charge in [0, 0.05) is 48.5 Å². The van der Waals surface area contributed by atoms with Crippen LogP contribution in [0.5, 0.6) is 0 Å². The second-order valence-electron chi connectivity index (χ2n) is 11.2. The van der Waals surface area contributed by atoms with Crippen molar-refractivity contribution in [2.45, 2.75) is 38.8 Å². The maximum atomic E-state index is 15.4. The van der Waals surface area contributed by atoms with Crippen LogP contribution in [0.3, 0.4) is 0 Å². The third-order valence-corrected chi connectivity index (χ3v) is 8.95. The molecule has 0 unspecified atom stereocenters. The molecule has 2 aromatic rings. The molecule has 2 saturated heterocycles. The van der Waals surface area contributed by atoms with Gasteiger partial charge in [-0.25, -0.2) is 22.9 Å². The summed E-state index contributed by atoms with van der Waals surface area (Å²) in [5, 5.41) is 14.5. The van der Waals surface area contributed by atoms with Crippen molar-refractivity contribution in [2.24, 2.45) is 16.3 Å². The molecule has 1 aromatic carbocycles. The Bertz CT molecular complexity index is 1520. The first kappa shape index (κ1) is 31.0. The number of thiazole rings is 1. The van der Waals surface area contributed by atoms with Crippen LogP contribution in [0.1, 0.15) is 37.4 Å². The monoisotopic (exact) mass is 639 g/mol. The number of nitrogens with zero attached hydrogens (tertiary/aromatic N) is 4. The van der Waals surface area contributed by atoms with Gasteiger partial charge in [-0.1, -0.05) is 23.7 Å². The molecule has 4 heterocycles. The highest BCUT2D eigenvalue weighted by Gasteiger charge is 2.63. The fourth-order valence-electron chi connectivity index (χ4n) is 5.70. The number of carboxylic acid groups (broad SMARTS) is 1. The number of aliphatic carboxylic acids is 1. The van der Waals surface area contributed by atoms with Crippen LogP contribution in [-0.4, -0.2) is 88.3 Å². The van der Waals surface area contributed by atoms with Gasteiger partial charge in [0.1, 0.15) is 17.8 Å². The average Bonchev–Trinajstić information content (AvgIpc) is 3.63. The third kappa shape index (κ3) is 5.75. The molecule has 0 radical (unpaired) electrons. The Morgan fingerprint density at radius 3 is 2.72 bits per heavy atom. The molecule has 5 rings (SSSR count). The van der Waals surface area contributed by atoms with Crippen LogP contribution in [0.15, 0.2) is 46.0 Å². The van der Waals surface area contributed by atoms with E-state index in [9.17, 15) is 23.9 Å². The largest absolute Gasteiger partial charge is 0.481 e. The summed E-state index contributed by atoms with van der Waals surface area (Å²) < 4.78 is 50.7. The van der Waals surface area contributed by atoms with E-state index in [1.807, 2.05) is 0 Å². The average molecular weight is 640 g/mol. The van der Waals surface area contributed by atoms with Crippen LogP contribution in [0.4, 0.5) is 13.2 Å². The lowest BCUT2D eigenvalue weighted by Gasteiger charge is -2.32. The summed E-state index contributed by atoms with van der Waals surface area (Å²) in [5.74, 6) is -8.39. The van der Waals surface area contributed by atoms with Crippen molar-refractivity contribution in [1.29, 1.82) is 0 Å². The first-order chi connectivity index (χ1) is 20.2. The number of amidine groups is 1. The van der Waals surface area contributed by atoms with Gasteiger partial charge in [-0.3, -0.25) is 19.5 Å². The van der Waals surface area contributed by atoms with Crippen molar-refractivity contribution in [3.8, 4) is 0 Å². The van der Waals surface area contributed by atoms with Gasteiger partial charge in [0.05, 0.1) is 29.2 Å². The number of halogens is 4.